The van der Waals surface area contributed by atoms with Gasteiger partial charge in [-0.25, -0.2) is 4.98 Å². The predicted octanol–water partition coefficient (Wildman–Crippen LogP) is 2.13. The van der Waals surface area contributed by atoms with Gasteiger partial charge in [-0.3, -0.25) is 14.7 Å². The lowest BCUT2D eigenvalue weighted by atomic mass is 9.94. The number of rotatable bonds is 6. The number of hydrogen-bond acceptors (Lipinski definition) is 4. The number of carbonyl (C=O) groups is 2. The third-order valence-corrected chi connectivity index (χ3v) is 5.45. The summed E-state index contributed by atoms with van der Waals surface area (Å²) in [6.07, 6.45) is 7.63. The summed E-state index contributed by atoms with van der Waals surface area (Å²) < 4.78 is 1.93. The minimum atomic E-state index is -0.0629. The van der Waals surface area contributed by atoms with Gasteiger partial charge in [0.2, 0.25) is 5.91 Å². The van der Waals surface area contributed by atoms with Gasteiger partial charge < -0.3 is 14.8 Å². The minimum absolute atomic E-state index is 0.0326. The van der Waals surface area contributed by atoms with Crippen molar-refractivity contribution < 1.29 is 9.59 Å². The second kappa shape index (κ2) is 8.46. The van der Waals surface area contributed by atoms with E-state index in [0.29, 0.717) is 38.3 Å². The van der Waals surface area contributed by atoms with Gasteiger partial charge in [-0.2, -0.15) is 5.10 Å². The van der Waals surface area contributed by atoms with Gasteiger partial charge in [0.05, 0.1) is 11.8 Å². The number of imidazole rings is 1. The Hall–Kier alpha value is -3.16. The molecular weight excluding hydrogens is 368 g/mol. The Morgan fingerprint density at radius 1 is 1.34 bits per heavy atom. The number of carbonyl (C=O) groups excluding carboxylic acids is 2. The Morgan fingerprint density at radius 2 is 2.24 bits per heavy atom. The van der Waals surface area contributed by atoms with Crippen LogP contribution < -0.4 is 5.32 Å². The highest BCUT2D eigenvalue weighted by Gasteiger charge is 2.28. The number of nitrogens with zero attached hydrogens (tertiary/aromatic N) is 4. The fraction of sp³-hybridized carbons (Fsp3) is 0.429. The van der Waals surface area contributed by atoms with E-state index in [4.69, 9.17) is 0 Å². The van der Waals surface area contributed by atoms with Crippen LogP contribution in [0.25, 0.3) is 10.9 Å². The Labute approximate surface area is 169 Å². The first-order chi connectivity index (χ1) is 14.1. The molecule has 1 saturated heterocycles. The number of aryl methyl sites for hydroxylation is 1. The number of fused-ring (bicyclic) bond motifs is 1. The fourth-order valence-electron chi connectivity index (χ4n) is 3.93. The summed E-state index contributed by atoms with van der Waals surface area (Å²) in [6.45, 7) is 4.57. The molecule has 8 nitrogen and oxygen atoms in total. The van der Waals surface area contributed by atoms with Crippen LogP contribution >= 0.6 is 0 Å². The van der Waals surface area contributed by atoms with Crippen molar-refractivity contribution in [3.63, 3.8) is 0 Å². The standard InChI is InChI=1S/C21H26N6O2/c1-15-4-5-18-17(11-15)20(25-24-18)21(29)27-8-2-3-16(13-27)12-19(28)23-7-10-26-9-6-22-14-26/h4-6,9,11,14,16H,2-3,7-8,10,12-13H2,1H3,(H,23,28)(H,24,25)/t16-/m0/s1. The van der Waals surface area contributed by atoms with Gasteiger partial charge in [0.15, 0.2) is 5.69 Å². The van der Waals surface area contributed by atoms with E-state index in [1.54, 1.807) is 12.5 Å². The number of aromatic amines is 1. The van der Waals surface area contributed by atoms with Gasteiger partial charge >= 0.3 is 0 Å². The average Bonchev–Trinajstić information content (AvgIpc) is 3.37. The Balaban J connectivity index is 1.33. The third-order valence-electron chi connectivity index (χ3n) is 5.45. The van der Waals surface area contributed by atoms with Crippen LogP contribution in [0.1, 0.15) is 35.3 Å². The molecule has 29 heavy (non-hydrogen) atoms. The number of likely N-dealkylation sites (tertiary alicyclic amines) is 1. The molecule has 2 aromatic heterocycles. The van der Waals surface area contributed by atoms with Crippen LogP contribution in [0.2, 0.25) is 0 Å². The molecule has 1 aliphatic rings. The monoisotopic (exact) mass is 394 g/mol. The number of benzene rings is 1. The maximum atomic E-state index is 13.1. The van der Waals surface area contributed by atoms with E-state index in [2.05, 4.69) is 20.5 Å². The molecule has 1 fully saturated rings. The maximum Gasteiger partial charge on any atom is 0.275 e. The number of amides is 2. The molecular formula is C21H26N6O2. The summed E-state index contributed by atoms with van der Waals surface area (Å²) in [6, 6.07) is 5.93. The number of aromatic nitrogens is 4. The predicted molar refractivity (Wildman–Crippen MR) is 109 cm³/mol. The van der Waals surface area contributed by atoms with Crippen molar-refractivity contribution in [2.45, 2.75) is 32.7 Å². The molecule has 1 aliphatic heterocycles. The maximum absolute atomic E-state index is 13.1. The first kappa shape index (κ1) is 19.2. The van der Waals surface area contributed by atoms with E-state index >= 15 is 0 Å². The zero-order valence-electron chi connectivity index (χ0n) is 16.6. The van der Waals surface area contributed by atoms with E-state index in [9.17, 15) is 9.59 Å². The molecule has 3 heterocycles. The highest BCUT2D eigenvalue weighted by molar-refractivity contribution is 6.04. The molecule has 152 valence electrons. The van der Waals surface area contributed by atoms with E-state index in [1.165, 1.54) is 0 Å². The Kier molecular flexibility index (Phi) is 5.59. The molecule has 1 aromatic carbocycles. The van der Waals surface area contributed by atoms with Crippen molar-refractivity contribution in [3.05, 3.63) is 48.2 Å². The van der Waals surface area contributed by atoms with Crippen molar-refractivity contribution in [2.75, 3.05) is 19.6 Å². The molecule has 2 amide bonds. The van der Waals surface area contributed by atoms with Crippen molar-refractivity contribution in [3.8, 4) is 0 Å². The first-order valence-electron chi connectivity index (χ1n) is 10.1. The number of hydrogen-bond donors (Lipinski definition) is 2. The SMILES string of the molecule is Cc1ccc2[nH]nc(C(=O)N3CCC[C@@H](CC(=O)NCCn4ccnc4)C3)c2c1. The van der Waals surface area contributed by atoms with E-state index < -0.39 is 0 Å². The number of H-pyrrole nitrogens is 1. The molecule has 1 atom stereocenters. The smallest absolute Gasteiger partial charge is 0.275 e. The van der Waals surface area contributed by atoms with Crippen molar-refractivity contribution in [1.29, 1.82) is 0 Å². The summed E-state index contributed by atoms with van der Waals surface area (Å²) in [7, 11) is 0. The normalized spacial score (nSPS) is 16.9. The summed E-state index contributed by atoms with van der Waals surface area (Å²) >= 11 is 0. The molecule has 3 aromatic rings. The minimum Gasteiger partial charge on any atom is -0.354 e. The zero-order chi connectivity index (χ0) is 20.2. The number of piperidine rings is 1. The van der Waals surface area contributed by atoms with Crippen LogP contribution in [0.4, 0.5) is 0 Å². The highest BCUT2D eigenvalue weighted by Crippen LogP contribution is 2.24. The summed E-state index contributed by atoms with van der Waals surface area (Å²) in [5, 5.41) is 11.0. The van der Waals surface area contributed by atoms with Crippen LogP contribution in [-0.2, 0) is 11.3 Å². The van der Waals surface area contributed by atoms with Crippen molar-refractivity contribution >= 4 is 22.7 Å². The van der Waals surface area contributed by atoms with Crippen molar-refractivity contribution in [1.82, 2.24) is 30.0 Å². The summed E-state index contributed by atoms with van der Waals surface area (Å²) in [5.41, 5.74) is 2.43. The quantitative estimate of drug-likeness (QED) is 0.669. The molecule has 2 N–H and O–H groups in total. The fourth-order valence-corrected chi connectivity index (χ4v) is 3.93. The lowest BCUT2D eigenvalue weighted by molar-refractivity contribution is -0.122. The lowest BCUT2D eigenvalue weighted by Gasteiger charge is -2.32. The Morgan fingerprint density at radius 3 is 3.07 bits per heavy atom. The van der Waals surface area contributed by atoms with Crippen LogP contribution in [0, 0.1) is 12.8 Å². The van der Waals surface area contributed by atoms with Crippen LogP contribution in [0.3, 0.4) is 0 Å². The van der Waals surface area contributed by atoms with Gasteiger partial charge in [0.25, 0.3) is 5.91 Å². The molecule has 0 spiro atoms. The topological polar surface area (TPSA) is 95.9 Å². The van der Waals surface area contributed by atoms with Gasteiger partial charge in [-0.1, -0.05) is 11.6 Å². The van der Waals surface area contributed by atoms with Gasteiger partial charge in [0, 0.05) is 50.4 Å². The van der Waals surface area contributed by atoms with Crippen molar-refractivity contribution in [2.24, 2.45) is 5.92 Å². The van der Waals surface area contributed by atoms with E-state index in [1.807, 2.05) is 40.8 Å². The van der Waals surface area contributed by atoms with Gasteiger partial charge in [-0.15, -0.1) is 0 Å². The largest absolute Gasteiger partial charge is 0.354 e. The lowest BCUT2D eigenvalue weighted by Crippen LogP contribution is -2.41. The van der Waals surface area contributed by atoms with Crippen LogP contribution in [0.15, 0.2) is 36.9 Å². The summed E-state index contributed by atoms with van der Waals surface area (Å²) in [5.74, 6) is 0.144. The molecule has 8 heteroatoms. The molecule has 0 bridgehead atoms. The van der Waals surface area contributed by atoms with E-state index in [0.717, 1.165) is 29.3 Å². The second-order valence-electron chi connectivity index (χ2n) is 7.74. The summed E-state index contributed by atoms with van der Waals surface area (Å²) in [4.78, 5) is 31.2. The van der Waals surface area contributed by atoms with Gasteiger partial charge in [0.1, 0.15) is 0 Å². The second-order valence-corrected chi connectivity index (χ2v) is 7.74. The Bertz CT molecular complexity index is 994. The molecule has 4 rings (SSSR count). The van der Waals surface area contributed by atoms with Gasteiger partial charge in [-0.05, 0) is 37.8 Å². The molecule has 0 radical (unpaired) electrons. The average molecular weight is 394 g/mol. The first-order valence-corrected chi connectivity index (χ1v) is 10.1. The highest BCUT2D eigenvalue weighted by atomic mass is 16.2. The van der Waals surface area contributed by atoms with Crippen LogP contribution in [-0.4, -0.2) is 56.1 Å². The molecule has 0 saturated carbocycles. The number of nitrogens with one attached hydrogen (secondary N) is 2. The third kappa shape index (κ3) is 4.47. The van der Waals surface area contributed by atoms with Crippen LogP contribution in [0.5, 0.6) is 0 Å². The van der Waals surface area contributed by atoms with E-state index in [-0.39, 0.29) is 17.7 Å². The molecule has 0 aliphatic carbocycles. The molecule has 0 unspecified atom stereocenters. The zero-order valence-corrected chi connectivity index (χ0v) is 16.6.